The van der Waals surface area contributed by atoms with Gasteiger partial charge in [0.25, 0.3) is 0 Å². The molecule has 0 fully saturated rings. The smallest absolute Gasteiger partial charge is 0.228 e. The summed E-state index contributed by atoms with van der Waals surface area (Å²) in [5, 5.41) is 6.50. The molecule has 0 bridgehead atoms. The number of nitrogens with zero attached hydrogens (tertiary/aromatic N) is 1. The van der Waals surface area contributed by atoms with Gasteiger partial charge in [-0.2, -0.15) is 0 Å². The molecular formula is C15H13ClFN3O. The summed E-state index contributed by atoms with van der Waals surface area (Å²) in [6.07, 6.45) is 1.53. The Morgan fingerprint density at radius 2 is 2.24 bits per heavy atom. The molecule has 1 atom stereocenters. The van der Waals surface area contributed by atoms with E-state index in [0.29, 0.717) is 17.1 Å². The number of aromatic nitrogens is 1. The maximum Gasteiger partial charge on any atom is 0.228 e. The summed E-state index contributed by atoms with van der Waals surface area (Å²) < 4.78 is 12.9. The molecule has 2 N–H and O–H groups in total. The number of benzene rings is 1. The van der Waals surface area contributed by atoms with Crippen molar-refractivity contribution in [3.8, 4) is 0 Å². The number of rotatable bonds is 3. The van der Waals surface area contributed by atoms with Crippen LogP contribution < -0.4 is 10.6 Å². The molecule has 0 saturated carbocycles. The number of anilines is 2. The Kier molecular flexibility index (Phi) is 3.51. The van der Waals surface area contributed by atoms with E-state index in [4.69, 9.17) is 11.6 Å². The molecule has 1 unspecified atom stereocenters. The first-order valence-corrected chi connectivity index (χ1v) is 6.91. The van der Waals surface area contributed by atoms with E-state index >= 15 is 0 Å². The first kappa shape index (κ1) is 13.8. The number of amides is 1. The molecule has 1 aromatic carbocycles. The molecule has 1 amide bonds. The Labute approximate surface area is 126 Å². The quantitative estimate of drug-likeness (QED) is 0.912. The third-order valence-corrected chi connectivity index (χ3v) is 3.70. The van der Waals surface area contributed by atoms with Crippen LogP contribution in [0.3, 0.4) is 0 Å². The largest absolute Gasteiger partial charge is 0.376 e. The third-order valence-electron chi connectivity index (χ3n) is 3.38. The lowest BCUT2D eigenvalue weighted by Gasteiger charge is -2.17. The lowest BCUT2D eigenvalue weighted by molar-refractivity contribution is -0.115. The predicted octanol–water partition coefficient (Wildman–Crippen LogP) is 3.54. The minimum atomic E-state index is -0.369. The summed E-state index contributed by atoms with van der Waals surface area (Å²) >= 11 is 6.22. The highest BCUT2D eigenvalue weighted by Crippen LogP contribution is 2.34. The molecule has 1 aromatic heterocycles. The number of hydrogen-bond acceptors (Lipinski definition) is 3. The number of pyridine rings is 1. The first-order chi connectivity index (χ1) is 10.0. The molecule has 1 aliphatic rings. The van der Waals surface area contributed by atoms with Crippen molar-refractivity contribution in [1.29, 1.82) is 0 Å². The van der Waals surface area contributed by atoms with Crippen LogP contribution in [0.4, 0.5) is 15.8 Å². The van der Waals surface area contributed by atoms with Crippen molar-refractivity contribution in [3.63, 3.8) is 0 Å². The Bertz CT molecular complexity index is 703. The van der Waals surface area contributed by atoms with E-state index < -0.39 is 0 Å². The van der Waals surface area contributed by atoms with E-state index in [0.717, 1.165) is 16.9 Å². The van der Waals surface area contributed by atoms with Crippen molar-refractivity contribution in [2.75, 3.05) is 10.6 Å². The van der Waals surface area contributed by atoms with Gasteiger partial charge in [0.1, 0.15) is 5.82 Å². The Morgan fingerprint density at radius 3 is 2.95 bits per heavy atom. The summed E-state index contributed by atoms with van der Waals surface area (Å²) in [5.74, 6) is -0.405. The van der Waals surface area contributed by atoms with Crippen molar-refractivity contribution in [2.24, 2.45) is 0 Å². The summed E-state index contributed by atoms with van der Waals surface area (Å²) in [6.45, 7) is 1.91. The Morgan fingerprint density at radius 1 is 1.43 bits per heavy atom. The number of fused-ring (bicyclic) bond motifs is 1. The fraction of sp³-hybridized carbons (Fsp3) is 0.200. The third kappa shape index (κ3) is 2.83. The van der Waals surface area contributed by atoms with Crippen LogP contribution >= 0.6 is 11.6 Å². The monoisotopic (exact) mass is 305 g/mol. The molecule has 2 heterocycles. The molecule has 21 heavy (non-hydrogen) atoms. The van der Waals surface area contributed by atoms with Crippen molar-refractivity contribution < 1.29 is 9.18 Å². The van der Waals surface area contributed by atoms with Gasteiger partial charge in [-0.15, -0.1) is 0 Å². The summed E-state index contributed by atoms with van der Waals surface area (Å²) in [5.41, 5.74) is 3.10. The van der Waals surface area contributed by atoms with Crippen LogP contribution in [0.5, 0.6) is 0 Å². The molecule has 2 aromatic rings. The van der Waals surface area contributed by atoms with E-state index in [1.165, 1.54) is 12.3 Å². The summed E-state index contributed by atoms with van der Waals surface area (Å²) in [7, 11) is 0. The number of carbonyl (C=O) groups is 1. The van der Waals surface area contributed by atoms with Gasteiger partial charge in [0, 0.05) is 5.69 Å². The average Bonchev–Trinajstić information content (AvgIpc) is 2.79. The molecular weight excluding hydrogens is 293 g/mol. The van der Waals surface area contributed by atoms with Crippen LogP contribution in [-0.4, -0.2) is 10.9 Å². The predicted molar refractivity (Wildman–Crippen MR) is 80.0 cm³/mol. The topological polar surface area (TPSA) is 54.0 Å². The molecule has 6 heteroatoms. The van der Waals surface area contributed by atoms with E-state index in [9.17, 15) is 9.18 Å². The van der Waals surface area contributed by atoms with E-state index in [2.05, 4.69) is 15.6 Å². The normalized spacial score (nSPS) is 14.5. The zero-order valence-electron chi connectivity index (χ0n) is 11.3. The average molecular weight is 306 g/mol. The van der Waals surface area contributed by atoms with Crippen LogP contribution in [0.25, 0.3) is 0 Å². The van der Waals surface area contributed by atoms with Gasteiger partial charge in [0.05, 0.1) is 35.1 Å². The summed E-state index contributed by atoms with van der Waals surface area (Å²) in [6, 6.07) is 6.45. The molecule has 108 valence electrons. The molecule has 0 spiro atoms. The second-order valence-electron chi connectivity index (χ2n) is 4.98. The van der Waals surface area contributed by atoms with Crippen LogP contribution in [0, 0.1) is 5.82 Å². The highest BCUT2D eigenvalue weighted by Gasteiger charge is 2.20. The number of carbonyl (C=O) groups excluding carboxylic acids is 1. The second kappa shape index (κ2) is 5.33. The second-order valence-corrected chi connectivity index (χ2v) is 5.39. The molecule has 1 aliphatic heterocycles. The molecule has 0 radical (unpaired) electrons. The molecule has 3 rings (SSSR count). The lowest BCUT2D eigenvalue weighted by Crippen LogP contribution is -2.09. The fourth-order valence-electron chi connectivity index (χ4n) is 2.31. The van der Waals surface area contributed by atoms with E-state index in [-0.39, 0.29) is 17.8 Å². The van der Waals surface area contributed by atoms with Gasteiger partial charge in [-0.05, 0) is 36.8 Å². The van der Waals surface area contributed by atoms with Gasteiger partial charge in [-0.3, -0.25) is 9.78 Å². The first-order valence-electron chi connectivity index (χ1n) is 6.53. The van der Waals surface area contributed by atoms with Gasteiger partial charge in [0.2, 0.25) is 5.91 Å². The van der Waals surface area contributed by atoms with E-state index in [1.54, 1.807) is 12.1 Å². The van der Waals surface area contributed by atoms with Gasteiger partial charge < -0.3 is 10.6 Å². The maximum absolute atomic E-state index is 12.9. The number of hydrogen-bond donors (Lipinski definition) is 2. The number of halogens is 2. The minimum Gasteiger partial charge on any atom is -0.376 e. The number of nitrogens with one attached hydrogen (secondary N) is 2. The zero-order chi connectivity index (χ0) is 15.0. The zero-order valence-corrected chi connectivity index (χ0v) is 12.0. The van der Waals surface area contributed by atoms with Crippen LogP contribution in [0.15, 0.2) is 30.5 Å². The summed E-state index contributed by atoms with van der Waals surface area (Å²) in [4.78, 5) is 15.4. The Hall–Kier alpha value is -2.14. The highest BCUT2D eigenvalue weighted by molar-refractivity contribution is 6.33. The van der Waals surface area contributed by atoms with Gasteiger partial charge in [-0.25, -0.2) is 4.39 Å². The minimum absolute atomic E-state index is 0.0357. The van der Waals surface area contributed by atoms with Crippen molar-refractivity contribution >= 4 is 28.9 Å². The molecule has 0 saturated heterocycles. The van der Waals surface area contributed by atoms with Crippen LogP contribution in [-0.2, 0) is 11.2 Å². The van der Waals surface area contributed by atoms with Gasteiger partial charge in [0.15, 0.2) is 0 Å². The fourth-order valence-corrected chi connectivity index (χ4v) is 2.53. The van der Waals surface area contributed by atoms with Gasteiger partial charge in [-0.1, -0.05) is 11.6 Å². The maximum atomic E-state index is 12.9. The van der Waals surface area contributed by atoms with Gasteiger partial charge >= 0.3 is 0 Å². The van der Waals surface area contributed by atoms with Crippen LogP contribution in [0.2, 0.25) is 5.02 Å². The van der Waals surface area contributed by atoms with Crippen molar-refractivity contribution in [1.82, 2.24) is 4.98 Å². The molecule has 0 aliphatic carbocycles. The van der Waals surface area contributed by atoms with E-state index in [1.807, 2.05) is 13.0 Å². The van der Waals surface area contributed by atoms with Crippen LogP contribution in [0.1, 0.15) is 24.2 Å². The Balaban J connectivity index is 1.83. The standard InChI is InChI=1S/C15H13ClFN3O/c1-8(12-3-2-10(17)7-18-12)19-14-4-9-5-15(21)20-13(9)6-11(14)16/h2-4,6-8,19H,5H2,1H3,(H,20,21). The lowest BCUT2D eigenvalue weighted by atomic mass is 10.1. The highest BCUT2D eigenvalue weighted by atomic mass is 35.5. The van der Waals surface area contributed by atoms with Crippen molar-refractivity contribution in [2.45, 2.75) is 19.4 Å². The molecule has 4 nitrogen and oxygen atoms in total. The SMILES string of the molecule is CC(Nc1cc2c(cc1Cl)NC(=O)C2)c1ccc(F)cn1. The van der Waals surface area contributed by atoms with Crippen molar-refractivity contribution in [3.05, 3.63) is 52.6 Å².